The molecule has 2 aromatic rings. The molecule has 1 aliphatic carbocycles. The average Bonchev–Trinajstić information content (AvgIpc) is 2.46. The standard InChI is InChI=1S/C10H11N3O/c14-8-5-2-6-13-10(8)11-9(12-13)7-3-1-4-7/h2,5-7,14H,1,3-4H2. The lowest BCUT2D eigenvalue weighted by Crippen LogP contribution is -2.10. The first-order chi connectivity index (χ1) is 6.84. The molecule has 0 amide bonds. The quantitative estimate of drug-likeness (QED) is 0.742. The van der Waals surface area contributed by atoms with Gasteiger partial charge >= 0.3 is 0 Å². The van der Waals surface area contributed by atoms with Crippen molar-refractivity contribution in [3.63, 3.8) is 0 Å². The predicted molar refractivity (Wildman–Crippen MR) is 51.2 cm³/mol. The summed E-state index contributed by atoms with van der Waals surface area (Å²) in [4.78, 5) is 4.34. The molecular formula is C10H11N3O. The zero-order valence-corrected chi connectivity index (χ0v) is 7.72. The van der Waals surface area contributed by atoms with Crippen LogP contribution in [-0.2, 0) is 0 Å². The fraction of sp³-hybridized carbons (Fsp3) is 0.400. The summed E-state index contributed by atoms with van der Waals surface area (Å²) in [5, 5.41) is 13.9. The minimum atomic E-state index is 0.200. The van der Waals surface area contributed by atoms with Gasteiger partial charge in [-0.3, -0.25) is 0 Å². The molecular weight excluding hydrogens is 178 g/mol. The van der Waals surface area contributed by atoms with Crippen molar-refractivity contribution in [1.29, 1.82) is 0 Å². The molecule has 1 fully saturated rings. The maximum absolute atomic E-state index is 9.53. The summed E-state index contributed by atoms with van der Waals surface area (Å²) in [6.45, 7) is 0. The van der Waals surface area contributed by atoms with Gasteiger partial charge in [0.2, 0.25) is 0 Å². The van der Waals surface area contributed by atoms with Gasteiger partial charge < -0.3 is 5.11 Å². The van der Waals surface area contributed by atoms with E-state index < -0.39 is 0 Å². The number of rotatable bonds is 1. The number of aromatic nitrogens is 3. The Morgan fingerprint density at radius 1 is 1.43 bits per heavy atom. The van der Waals surface area contributed by atoms with E-state index in [4.69, 9.17) is 0 Å². The fourth-order valence-corrected chi connectivity index (χ4v) is 1.75. The Hall–Kier alpha value is -1.58. The van der Waals surface area contributed by atoms with Crippen molar-refractivity contribution in [3.8, 4) is 5.75 Å². The van der Waals surface area contributed by atoms with E-state index in [9.17, 15) is 5.11 Å². The van der Waals surface area contributed by atoms with Crippen LogP contribution in [0.2, 0.25) is 0 Å². The first kappa shape index (κ1) is 7.79. The van der Waals surface area contributed by atoms with Gasteiger partial charge in [-0.25, -0.2) is 9.50 Å². The number of nitrogens with zero attached hydrogens (tertiary/aromatic N) is 3. The summed E-state index contributed by atoms with van der Waals surface area (Å²) in [5.41, 5.74) is 0.564. The molecule has 0 aliphatic heterocycles. The molecule has 0 radical (unpaired) electrons. The summed E-state index contributed by atoms with van der Waals surface area (Å²) >= 11 is 0. The SMILES string of the molecule is Oc1cccn2nc(C3CCC3)nc12. The van der Waals surface area contributed by atoms with Crippen molar-refractivity contribution in [2.45, 2.75) is 25.2 Å². The maximum atomic E-state index is 9.53. The minimum Gasteiger partial charge on any atom is -0.504 e. The van der Waals surface area contributed by atoms with Crippen LogP contribution in [0.25, 0.3) is 5.65 Å². The molecule has 2 aromatic heterocycles. The van der Waals surface area contributed by atoms with E-state index in [2.05, 4.69) is 10.1 Å². The summed E-state index contributed by atoms with van der Waals surface area (Å²) in [6.07, 6.45) is 5.44. The van der Waals surface area contributed by atoms with Crippen molar-refractivity contribution in [1.82, 2.24) is 14.6 Å². The molecule has 0 unspecified atom stereocenters. The first-order valence-electron chi connectivity index (χ1n) is 4.89. The molecule has 0 spiro atoms. The van der Waals surface area contributed by atoms with Crippen molar-refractivity contribution in [3.05, 3.63) is 24.2 Å². The number of hydrogen-bond acceptors (Lipinski definition) is 3. The highest BCUT2D eigenvalue weighted by Crippen LogP contribution is 2.34. The topological polar surface area (TPSA) is 50.4 Å². The van der Waals surface area contributed by atoms with Gasteiger partial charge in [0, 0.05) is 12.1 Å². The Labute approximate surface area is 81.2 Å². The second kappa shape index (κ2) is 2.70. The van der Waals surface area contributed by atoms with Gasteiger partial charge in [0.25, 0.3) is 0 Å². The van der Waals surface area contributed by atoms with Crippen molar-refractivity contribution in [2.75, 3.05) is 0 Å². The monoisotopic (exact) mass is 189 g/mol. The highest BCUT2D eigenvalue weighted by atomic mass is 16.3. The van der Waals surface area contributed by atoms with E-state index in [0.717, 1.165) is 5.82 Å². The lowest BCUT2D eigenvalue weighted by atomic mass is 9.85. The van der Waals surface area contributed by atoms with E-state index in [1.165, 1.54) is 19.3 Å². The second-order valence-electron chi connectivity index (χ2n) is 3.76. The van der Waals surface area contributed by atoms with Crippen LogP contribution in [0, 0.1) is 0 Å². The summed E-state index contributed by atoms with van der Waals surface area (Å²) in [7, 11) is 0. The molecule has 4 nitrogen and oxygen atoms in total. The summed E-state index contributed by atoms with van der Waals surface area (Å²) in [5.74, 6) is 1.58. The normalized spacial score (nSPS) is 17.1. The van der Waals surface area contributed by atoms with Crippen LogP contribution in [-0.4, -0.2) is 19.7 Å². The Morgan fingerprint density at radius 2 is 2.29 bits per heavy atom. The van der Waals surface area contributed by atoms with E-state index in [1.807, 2.05) is 6.20 Å². The molecule has 3 rings (SSSR count). The Kier molecular flexibility index (Phi) is 1.50. The molecule has 0 bridgehead atoms. The van der Waals surface area contributed by atoms with Crippen molar-refractivity contribution < 1.29 is 5.11 Å². The van der Waals surface area contributed by atoms with E-state index in [0.29, 0.717) is 11.6 Å². The Morgan fingerprint density at radius 3 is 2.93 bits per heavy atom. The molecule has 0 aromatic carbocycles. The molecule has 2 heterocycles. The highest BCUT2D eigenvalue weighted by molar-refractivity contribution is 5.51. The van der Waals surface area contributed by atoms with Gasteiger partial charge in [-0.2, -0.15) is 5.10 Å². The molecule has 1 saturated carbocycles. The molecule has 1 N–H and O–H groups in total. The number of fused-ring (bicyclic) bond motifs is 1. The van der Waals surface area contributed by atoms with Crippen LogP contribution in [0.15, 0.2) is 18.3 Å². The summed E-state index contributed by atoms with van der Waals surface area (Å²) < 4.78 is 1.64. The van der Waals surface area contributed by atoms with E-state index in [1.54, 1.807) is 16.6 Å². The Bertz CT molecular complexity index is 473. The highest BCUT2D eigenvalue weighted by Gasteiger charge is 2.24. The average molecular weight is 189 g/mol. The third-order valence-corrected chi connectivity index (χ3v) is 2.83. The van der Waals surface area contributed by atoms with Gasteiger partial charge in [-0.15, -0.1) is 0 Å². The fourth-order valence-electron chi connectivity index (χ4n) is 1.75. The van der Waals surface area contributed by atoms with Gasteiger partial charge in [0.05, 0.1) is 0 Å². The van der Waals surface area contributed by atoms with Gasteiger partial charge in [-0.1, -0.05) is 6.42 Å². The van der Waals surface area contributed by atoms with Crippen LogP contribution in [0.1, 0.15) is 31.0 Å². The Balaban J connectivity index is 2.15. The molecule has 4 heteroatoms. The zero-order chi connectivity index (χ0) is 9.54. The van der Waals surface area contributed by atoms with Crippen molar-refractivity contribution >= 4 is 5.65 Å². The van der Waals surface area contributed by atoms with Crippen LogP contribution in [0.5, 0.6) is 5.75 Å². The lowest BCUT2D eigenvalue weighted by Gasteiger charge is -2.21. The number of pyridine rings is 1. The smallest absolute Gasteiger partial charge is 0.197 e. The molecule has 14 heavy (non-hydrogen) atoms. The first-order valence-corrected chi connectivity index (χ1v) is 4.89. The zero-order valence-electron chi connectivity index (χ0n) is 7.72. The van der Waals surface area contributed by atoms with Crippen LogP contribution < -0.4 is 0 Å². The lowest BCUT2D eigenvalue weighted by molar-refractivity contribution is 0.401. The van der Waals surface area contributed by atoms with E-state index >= 15 is 0 Å². The van der Waals surface area contributed by atoms with Crippen LogP contribution in [0.4, 0.5) is 0 Å². The predicted octanol–water partition coefficient (Wildman–Crippen LogP) is 1.70. The third-order valence-electron chi connectivity index (χ3n) is 2.83. The van der Waals surface area contributed by atoms with Crippen LogP contribution >= 0.6 is 0 Å². The van der Waals surface area contributed by atoms with Crippen LogP contribution in [0.3, 0.4) is 0 Å². The van der Waals surface area contributed by atoms with Gasteiger partial charge in [-0.05, 0) is 25.0 Å². The largest absolute Gasteiger partial charge is 0.504 e. The molecule has 0 saturated heterocycles. The minimum absolute atomic E-state index is 0.200. The third kappa shape index (κ3) is 0.999. The molecule has 0 atom stereocenters. The van der Waals surface area contributed by atoms with Crippen molar-refractivity contribution in [2.24, 2.45) is 0 Å². The molecule has 72 valence electrons. The number of hydrogen-bond donors (Lipinski definition) is 1. The molecule has 1 aliphatic rings. The summed E-state index contributed by atoms with van der Waals surface area (Å²) in [6, 6.07) is 3.40. The number of aromatic hydroxyl groups is 1. The maximum Gasteiger partial charge on any atom is 0.197 e. The second-order valence-corrected chi connectivity index (χ2v) is 3.76. The van der Waals surface area contributed by atoms with E-state index in [-0.39, 0.29) is 5.75 Å². The van der Waals surface area contributed by atoms with Gasteiger partial charge in [0.1, 0.15) is 0 Å². The van der Waals surface area contributed by atoms with Gasteiger partial charge in [0.15, 0.2) is 17.2 Å².